The van der Waals surface area contributed by atoms with Gasteiger partial charge in [-0.2, -0.15) is 4.31 Å². The van der Waals surface area contributed by atoms with Crippen LogP contribution >= 0.6 is 0 Å². The minimum absolute atomic E-state index is 0.0630. The van der Waals surface area contributed by atoms with Crippen LogP contribution in [0.25, 0.3) is 0 Å². The van der Waals surface area contributed by atoms with Crippen LogP contribution in [0.5, 0.6) is 0 Å². The van der Waals surface area contributed by atoms with Crippen molar-refractivity contribution in [1.82, 2.24) is 14.6 Å². The van der Waals surface area contributed by atoms with E-state index in [1.54, 1.807) is 12.3 Å². The van der Waals surface area contributed by atoms with Crippen molar-refractivity contribution >= 4 is 10.0 Å². The number of nitrogens with one attached hydrogen (secondary N) is 2. The van der Waals surface area contributed by atoms with E-state index in [2.05, 4.69) is 17.2 Å². The molecule has 0 saturated carbocycles. The van der Waals surface area contributed by atoms with E-state index in [9.17, 15) is 8.42 Å². The third-order valence-corrected chi connectivity index (χ3v) is 5.35. The first-order valence-corrected chi connectivity index (χ1v) is 8.97. The van der Waals surface area contributed by atoms with Crippen molar-refractivity contribution in [3.63, 3.8) is 0 Å². The molecule has 2 N–H and O–H groups in total. The van der Waals surface area contributed by atoms with Crippen LogP contribution in [0.4, 0.5) is 0 Å². The fourth-order valence-corrected chi connectivity index (χ4v) is 3.97. The maximum absolute atomic E-state index is 12.7. The lowest BCUT2D eigenvalue weighted by molar-refractivity contribution is 0.0752. The first kappa shape index (κ1) is 16.5. The topological polar surface area (TPSA) is 74.4 Å². The van der Waals surface area contributed by atoms with Crippen LogP contribution in [-0.4, -0.2) is 50.1 Å². The van der Waals surface area contributed by atoms with Gasteiger partial charge in [0.15, 0.2) is 0 Å². The Morgan fingerprint density at radius 2 is 2.33 bits per heavy atom. The fourth-order valence-electron chi connectivity index (χ4n) is 2.39. The summed E-state index contributed by atoms with van der Waals surface area (Å²) in [6, 6.07) is 1.72. The van der Waals surface area contributed by atoms with E-state index in [-0.39, 0.29) is 6.10 Å². The highest BCUT2D eigenvalue weighted by Crippen LogP contribution is 2.19. The van der Waals surface area contributed by atoms with Gasteiger partial charge in [-0.15, -0.1) is 0 Å². The normalized spacial score (nSPS) is 21.3. The second kappa shape index (κ2) is 7.40. The van der Waals surface area contributed by atoms with Gasteiger partial charge in [-0.25, -0.2) is 8.42 Å². The van der Waals surface area contributed by atoms with Gasteiger partial charge in [0.1, 0.15) is 0 Å². The minimum atomic E-state index is -3.43. The largest absolute Gasteiger partial charge is 0.377 e. The van der Waals surface area contributed by atoms with Gasteiger partial charge in [-0.1, -0.05) is 6.92 Å². The monoisotopic (exact) mass is 315 g/mol. The summed E-state index contributed by atoms with van der Waals surface area (Å²) in [5.41, 5.74) is 0.890. The van der Waals surface area contributed by atoms with Crippen LogP contribution in [0.3, 0.4) is 0 Å². The molecule has 0 amide bonds. The molecule has 1 aromatic rings. The van der Waals surface area contributed by atoms with Crippen molar-refractivity contribution in [3.8, 4) is 0 Å². The smallest absolute Gasteiger partial charge is 0.244 e. The predicted octanol–water partition coefficient (Wildman–Crippen LogP) is 1.31. The molecular weight excluding hydrogens is 290 g/mol. The lowest BCUT2D eigenvalue weighted by Gasteiger charge is -2.20. The van der Waals surface area contributed by atoms with Crippen molar-refractivity contribution < 1.29 is 13.2 Å². The highest BCUT2D eigenvalue weighted by atomic mass is 32.2. The number of H-pyrrole nitrogens is 1. The summed E-state index contributed by atoms with van der Waals surface area (Å²) in [6.45, 7) is 7.13. The third kappa shape index (κ3) is 4.29. The van der Waals surface area contributed by atoms with E-state index in [0.29, 0.717) is 31.1 Å². The maximum atomic E-state index is 12.7. The summed E-state index contributed by atoms with van der Waals surface area (Å²) in [5.74, 6) is 0. The second-order valence-electron chi connectivity index (χ2n) is 5.44. The average molecular weight is 315 g/mol. The Morgan fingerprint density at radius 3 is 3.10 bits per heavy atom. The van der Waals surface area contributed by atoms with Crippen LogP contribution in [0.2, 0.25) is 0 Å². The number of ether oxygens (including phenoxy) is 1. The van der Waals surface area contributed by atoms with Gasteiger partial charge in [-0.3, -0.25) is 0 Å². The van der Waals surface area contributed by atoms with Crippen LogP contribution < -0.4 is 5.32 Å². The van der Waals surface area contributed by atoms with Gasteiger partial charge in [0, 0.05) is 38.1 Å². The van der Waals surface area contributed by atoms with Crippen LogP contribution in [0, 0.1) is 0 Å². The summed E-state index contributed by atoms with van der Waals surface area (Å²) in [7, 11) is -3.43. The number of sulfonamides is 1. The molecule has 6 nitrogen and oxygen atoms in total. The Hall–Kier alpha value is -0.890. The zero-order valence-electron chi connectivity index (χ0n) is 12.8. The molecule has 1 unspecified atom stereocenters. The molecule has 1 saturated heterocycles. The Balaban J connectivity index is 2.08. The molecule has 1 aliphatic rings. The van der Waals surface area contributed by atoms with Crippen molar-refractivity contribution in [2.45, 2.75) is 44.2 Å². The molecular formula is C14H25N3O3S. The quantitative estimate of drug-likeness (QED) is 0.776. The van der Waals surface area contributed by atoms with E-state index < -0.39 is 10.0 Å². The first-order chi connectivity index (χ1) is 10.0. The SMILES string of the molecule is CCCNCc1cc(S(=O)(=O)N2CCCOC(C)C2)c[nH]1. The first-order valence-electron chi connectivity index (χ1n) is 7.53. The Kier molecular flexibility index (Phi) is 5.80. The van der Waals surface area contributed by atoms with E-state index >= 15 is 0 Å². The second-order valence-corrected chi connectivity index (χ2v) is 7.37. The average Bonchev–Trinajstić information content (AvgIpc) is 2.81. The molecule has 0 radical (unpaired) electrons. The van der Waals surface area contributed by atoms with Gasteiger partial charge >= 0.3 is 0 Å². The zero-order chi connectivity index (χ0) is 15.3. The molecule has 1 aromatic heterocycles. The molecule has 1 fully saturated rings. The molecule has 7 heteroatoms. The lowest BCUT2D eigenvalue weighted by atomic mass is 10.4. The summed E-state index contributed by atoms with van der Waals surface area (Å²) in [5, 5.41) is 3.25. The summed E-state index contributed by atoms with van der Waals surface area (Å²) >= 11 is 0. The number of nitrogens with zero attached hydrogens (tertiary/aromatic N) is 1. The Labute approximate surface area is 126 Å². The number of hydrogen-bond donors (Lipinski definition) is 2. The van der Waals surface area contributed by atoms with Crippen molar-refractivity contribution in [2.24, 2.45) is 0 Å². The van der Waals surface area contributed by atoms with Crippen LogP contribution in [0.1, 0.15) is 32.4 Å². The number of rotatable bonds is 6. The van der Waals surface area contributed by atoms with E-state index in [1.807, 2.05) is 6.92 Å². The van der Waals surface area contributed by atoms with Crippen LogP contribution in [0.15, 0.2) is 17.2 Å². The van der Waals surface area contributed by atoms with Crippen molar-refractivity contribution in [3.05, 3.63) is 18.0 Å². The van der Waals surface area contributed by atoms with Gasteiger partial charge in [0.2, 0.25) is 10.0 Å². The van der Waals surface area contributed by atoms with Crippen molar-refractivity contribution in [1.29, 1.82) is 0 Å². The molecule has 2 heterocycles. The maximum Gasteiger partial charge on any atom is 0.244 e. The van der Waals surface area contributed by atoms with E-state index in [0.717, 1.165) is 25.1 Å². The molecule has 0 aliphatic carbocycles. The molecule has 0 aromatic carbocycles. The number of aromatic amines is 1. The highest BCUT2D eigenvalue weighted by Gasteiger charge is 2.28. The molecule has 120 valence electrons. The molecule has 2 rings (SSSR count). The Bertz CT molecular complexity index is 541. The predicted molar refractivity (Wildman–Crippen MR) is 81.6 cm³/mol. The molecule has 1 atom stereocenters. The molecule has 1 aliphatic heterocycles. The summed E-state index contributed by atoms with van der Waals surface area (Å²) in [4.78, 5) is 3.37. The van der Waals surface area contributed by atoms with E-state index in [1.165, 1.54) is 4.31 Å². The summed E-state index contributed by atoms with van der Waals surface area (Å²) < 4.78 is 32.4. The minimum Gasteiger partial charge on any atom is -0.377 e. The molecule has 0 bridgehead atoms. The van der Waals surface area contributed by atoms with Crippen molar-refractivity contribution in [2.75, 3.05) is 26.2 Å². The Morgan fingerprint density at radius 1 is 1.52 bits per heavy atom. The highest BCUT2D eigenvalue weighted by molar-refractivity contribution is 7.89. The zero-order valence-corrected chi connectivity index (χ0v) is 13.6. The van der Waals surface area contributed by atoms with E-state index in [4.69, 9.17) is 4.74 Å². The third-order valence-electron chi connectivity index (χ3n) is 3.51. The molecule has 0 spiro atoms. The summed E-state index contributed by atoms with van der Waals surface area (Å²) in [6.07, 6.45) is 3.30. The van der Waals surface area contributed by atoms with Crippen LogP contribution in [-0.2, 0) is 21.3 Å². The molecule has 21 heavy (non-hydrogen) atoms. The van der Waals surface area contributed by atoms with Gasteiger partial charge < -0.3 is 15.0 Å². The fraction of sp³-hybridized carbons (Fsp3) is 0.714. The van der Waals surface area contributed by atoms with Gasteiger partial charge in [-0.05, 0) is 32.4 Å². The van der Waals surface area contributed by atoms with Gasteiger partial charge in [0.25, 0.3) is 0 Å². The standard InChI is InChI=1S/C14H25N3O3S/c1-3-5-15-9-13-8-14(10-16-13)21(18,19)17-6-4-7-20-12(2)11-17/h8,10,12,15-16H,3-7,9,11H2,1-2H3. The lowest BCUT2D eigenvalue weighted by Crippen LogP contribution is -2.35. The number of hydrogen-bond acceptors (Lipinski definition) is 4. The number of aromatic nitrogens is 1. The van der Waals surface area contributed by atoms with Gasteiger partial charge in [0.05, 0.1) is 11.0 Å².